The first-order valence-electron chi connectivity index (χ1n) is 11.5. The van der Waals surface area contributed by atoms with Crippen molar-refractivity contribution in [3.05, 3.63) is 90.9 Å². The predicted octanol–water partition coefficient (Wildman–Crippen LogP) is 5.90. The zero-order valence-corrected chi connectivity index (χ0v) is 21.8. The van der Waals surface area contributed by atoms with Gasteiger partial charge in [0, 0.05) is 6.07 Å². The number of amidine groups is 1. The minimum atomic E-state index is -0.761. The van der Waals surface area contributed by atoms with Gasteiger partial charge in [0.1, 0.15) is 11.4 Å². The van der Waals surface area contributed by atoms with E-state index < -0.39 is 21.2 Å². The van der Waals surface area contributed by atoms with Crippen molar-refractivity contribution in [3.63, 3.8) is 0 Å². The first kappa shape index (κ1) is 27.1. The van der Waals surface area contributed by atoms with E-state index in [-0.39, 0.29) is 29.8 Å². The zero-order chi connectivity index (χ0) is 28.1. The van der Waals surface area contributed by atoms with E-state index in [0.29, 0.717) is 27.1 Å². The Hall–Kier alpha value is -4.91. The molecule has 39 heavy (non-hydrogen) atoms. The van der Waals surface area contributed by atoms with Crippen molar-refractivity contribution in [2.45, 2.75) is 13.8 Å². The standard InChI is InChI=1S/C26H22N4O8S/c1-4-37-23-12-16(6-9-22(23)38-21-10-7-17(29(32)33)14-19(21)30(34)35)13-24-25(31)28-26(39-24)27-18-11-15(2)5-8-20(18)36-3/h5-14H,4H2,1-3H3,(H,27,28,31)/b24-13-. The molecule has 1 fully saturated rings. The number of carbonyl (C=O) groups excluding carboxylic acids is 1. The molecular formula is C26H22N4O8S. The lowest BCUT2D eigenvalue weighted by Gasteiger charge is -2.12. The van der Waals surface area contributed by atoms with E-state index in [2.05, 4.69) is 10.3 Å². The average Bonchev–Trinajstić information content (AvgIpc) is 3.23. The summed E-state index contributed by atoms with van der Waals surface area (Å²) >= 11 is 1.16. The Bertz CT molecular complexity index is 1540. The molecule has 13 heteroatoms. The quantitative estimate of drug-likeness (QED) is 0.195. The number of rotatable bonds is 9. The van der Waals surface area contributed by atoms with Crippen LogP contribution in [-0.2, 0) is 4.79 Å². The molecule has 0 radical (unpaired) electrons. The maximum Gasteiger partial charge on any atom is 0.318 e. The van der Waals surface area contributed by atoms with E-state index in [1.807, 2.05) is 19.1 Å². The number of methoxy groups -OCH3 is 1. The summed E-state index contributed by atoms with van der Waals surface area (Å²) in [5.41, 5.74) is 1.19. The number of nitro groups is 2. The molecule has 1 N–H and O–H groups in total. The van der Waals surface area contributed by atoms with E-state index >= 15 is 0 Å². The molecule has 0 unspecified atom stereocenters. The molecule has 3 aromatic carbocycles. The van der Waals surface area contributed by atoms with Crippen molar-refractivity contribution < 1.29 is 28.9 Å². The number of amides is 1. The third-order valence-corrected chi connectivity index (χ3v) is 6.25. The molecule has 4 rings (SSSR count). The molecule has 1 heterocycles. The van der Waals surface area contributed by atoms with Gasteiger partial charge in [-0.25, -0.2) is 4.99 Å². The number of nitrogens with one attached hydrogen (secondary N) is 1. The fourth-order valence-corrected chi connectivity index (χ4v) is 4.40. The monoisotopic (exact) mass is 550 g/mol. The van der Waals surface area contributed by atoms with Gasteiger partial charge in [0.15, 0.2) is 16.7 Å². The first-order chi connectivity index (χ1) is 18.7. The Balaban J connectivity index is 1.61. The summed E-state index contributed by atoms with van der Waals surface area (Å²) in [6, 6.07) is 13.5. The molecular weight excluding hydrogens is 528 g/mol. The zero-order valence-electron chi connectivity index (χ0n) is 21.0. The number of benzene rings is 3. The van der Waals surface area contributed by atoms with Gasteiger partial charge in [-0.15, -0.1) is 0 Å². The van der Waals surface area contributed by atoms with Crippen LogP contribution in [0.5, 0.6) is 23.0 Å². The summed E-state index contributed by atoms with van der Waals surface area (Å²) in [6.07, 6.45) is 1.65. The normalized spacial score (nSPS) is 14.8. The van der Waals surface area contributed by atoms with Gasteiger partial charge < -0.3 is 19.5 Å². The number of thioether (sulfide) groups is 1. The summed E-state index contributed by atoms with van der Waals surface area (Å²) in [7, 11) is 1.54. The van der Waals surface area contributed by atoms with Gasteiger partial charge >= 0.3 is 5.69 Å². The van der Waals surface area contributed by atoms with E-state index in [4.69, 9.17) is 14.2 Å². The molecule has 1 aliphatic rings. The number of carbonyl (C=O) groups is 1. The molecule has 3 aromatic rings. The third kappa shape index (κ3) is 6.33. The van der Waals surface area contributed by atoms with Crippen LogP contribution < -0.4 is 19.5 Å². The highest BCUT2D eigenvalue weighted by molar-refractivity contribution is 8.18. The topological polar surface area (TPSA) is 155 Å². The van der Waals surface area contributed by atoms with Crippen molar-refractivity contribution in [3.8, 4) is 23.0 Å². The lowest BCUT2D eigenvalue weighted by molar-refractivity contribution is -0.394. The molecule has 1 aliphatic heterocycles. The number of hydrogen-bond donors (Lipinski definition) is 1. The number of aliphatic imine (C=N–C) groups is 1. The molecule has 0 bridgehead atoms. The van der Waals surface area contributed by atoms with E-state index in [1.165, 1.54) is 6.07 Å². The van der Waals surface area contributed by atoms with Crippen LogP contribution in [0.2, 0.25) is 0 Å². The van der Waals surface area contributed by atoms with Gasteiger partial charge in [0.2, 0.25) is 5.75 Å². The Morgan fingerprint density at radius 2 is 1.72 bits per heavy atom. The Morgan fingerprint density at radius 3 is 2.41 bits per heavy atom. The fourth-order valence-electron chi connectivity index (χ4n) is 3.56. The van der Waals surface area contributed by atoms with Crippen LogP contribution >= 0.6 is 11.8 Å². The Kier molecular flexibility index (Phi) is 8.10. The fraction of sp³-hybridized carbons (Fsp3) is 0.154. The molecule has 0 aromatic heterocycles. The number of nitro benzene ring substituents is 2. The highest BCUT2D eigenvalue weighted by Gasteiger charge is 2.25. The molecule has 1 amide bonds. The number of ether oxygens (including phenoxy) is 3. The molecule has 0 aliphatic carbocycles. The molecule has 1 saturated heterocycles. The number of hydrogen-bond acceptors (Lipinski definition) is 10. The van der Waals surface area contributed by atoms with Gasteiger partial charge in [0.25, 0.3) is 11.6 Å². The van der Waals surface area contributed by atoms with Gasteiger partial charge in [-0.2, -0.15) is 0 Å². The summed E-state index contributed by atoms with van der Waals surface area (Å²) in [6.45, 7) is 3.95. The van der Waals surface area contributed by atoms with Crippen molar-refractivity contribution in [1.82, 2.24) is 5.32 Å². The van der Waals surface area contributed by atoms with Crippen molar-refractivity contribution in [1.29, 1.82) is 0 Å². The van der Waals surface area contributed by atoms with Crippen LogP contribution in [0.4, 0.5) is 17.1 Å². The van der Waals surface area contributed by atoms with Crippen LogP contribution in [0.3, 0.4) is 0 Å². The SMILES string of the molecule is CCOc1cc(/C=C2\SC(=Nc3cc(C)ccc3OC)NC2=O)ccc1Oc1ccc([N+](=O)[O-])cc1[N+](=O)[O-]. The molecule has 0 atom stereocenters. The van der Waals surface area contributed by atoms with Crippen molar-refractivity contribution >= 4 is 46.0 Å². The lowest BCUT2D eigenvalue weighted by Crippen LogP contribution is -2.19. The number of non-ortho nitro benzene ring substituents is 1. The van der Waals surface area contributed by atoms with Crippen molar-refractivity contribution in [2.24, 2.45) is 4.99 Å². The van der Waals surface area contributed by atoms with E-state index in [1.54, 1.807) is 38.3 Å². The van der Waals surface area contributed by atoms with Crippen LogP contribution in [0.25, 0.3) is 6.08 Å². The molecule has 200 valence electrons. The van der Waals surface area contributed by atoms with Crippen molar-refractivity contribution in [2.75, 3.05) is 13.7 Å². The Labute approximate surface area is 226 Å². The number of aryl methyl sites for hydroxylation is 1. The highest BCUT2D eigenvalue weighted by atomic mass is 32.2. The largest absolute Gasteiger partial charge is 0.494 e. The predicted molar refractivity (Wildman–Crippen MR) is 146 cm³/mol. The van der Waals surface area contributed by atoms with Gasteiger partial charge in [-0.1, -0.05) is 12.1 Å². The van der Waals surface area contributed by atoms with Crippen LogP contribution in [-0.4, -0.2) is 34.6 Å². The smallest absolute Gasteiger partial charge is 0.318 e. The summed E-state index contributed by atoms with van der Waals surface area (Å²) in [5.74, 6) is 0.487. The van der Waals surface area contributed by atoms with Crippen LogP contribution in [0, 0.1) is 27.2 Å². The number of nitrogens with zero attached hydrogens (tertiary/aromatic N) is 3. The molecule has 0 saturated carbocycles. The van der Waals surface area contributed by atoms with E-state index in [9.17, 15) is 25.0 Å². The molecule has 12 nitrogen and oxygen atoms in total. The van der Waals surface area contributed by atoms with Crippen LogP contribution in [0.15, 0.2) is 64.5 Å². The minimum Gasteiger partial charge on any atom is -0.494 e. The second kappa shape index (κ2) is 11.6. The summed E-state index contributed by atoms with van der Waals surface area (Å²) in [5, 5.41) is 25.6. The maximum atomic E-state index is 12.6. The second-order valence-electron chi connectivity index (χ2n) is 8.06. The van der Waals surface area contributed by atoms with Gasteiger partial charge in [-0.05, 0) is 73.1 Å². The minimum absolute atomic E-state index is 0.160. The lowest BCUT2D eigenvalue weighted by atomic mass is 10.2. The molecule has 0 spiro atoms. The summed E-state index contributed by atoms with van der Waals surface area (Å²) in [4.78, 5) is 38.5. The van der Waals surface area contributed by atoms with E-state index in [0.717, 1.165) is 35.5 Å². The van der Waals surface area contributed by atoms with Gasteiger partial charge in [-0.3, -0.25) is 25.0 Å². The summed E-state index contributed by atoms with van der Waals surface area (Å²) < 4.78 is 16.7. The van der Waals surface area contributed by atoms with Gasteiger partial charge in [0.05, 0.1) is 34.5 Å². The maximum absolute atomic E-state index is 12.6. The Morgan fingerprint density at radius 1 is 0.974 bits per heavy atom. The third-order valence-electron chi connectivity index (χ3n) is 5.34. The highest BCUT2D eigenvalue weighted by Crippen LogP contribution is 2.39. The average molecular weight is 551 g/mol. The second-order valence-corrected chi connectivity index (χ2v) is 9.10. The van der Waals surface area contributed by atoms with Crippen LogP contribution in [0.1, 0.15) is 18.1 Å². The first-order valence-corrected chi connectivity index (χ1v) is 12.3.